The zero-order valence-electron chi connectivity index (χ0n) is 8.26. The molecule has 1 aromatic heterocycles. The predicted octanol–water partition coefficient (Wildman–Crippen LogP) is 3.30. The van der Waals surface area contributed by atoms with Crippen LogP contribution in [0.4, 0.5) is 5.69 Å². The van der Waals surface area contributed by atoms with Gasteiger partial charge in [-0.3, -0.25) is 0 Å². The smallest absolute Gasteiger partial charge is 0.106 e. The number of aromatic nitrogens is 1. The van der Waals surface area contributed by atoms with Crippen molar-refractivity contribution >= 4 is 21.6 Å². The van der Waals surface area contributed by atoms with Crippen LogP contribution in [0, 0.1) is 5.41 Å². The van der Waals surface area contributed by atoms with E-state index in [9.17, 15) is 0 Å². The number of hydrogen-bond donors (Lipinski definition) is 1. The highest BCUT2D eigenvalue weighted by Gasteiger charge is 2.08. The Morgan fingerprint density at radius 2 is 2.08 bits per heavy atom. The van der Waals surface area contributed by atoms with Crippen molar-refractivity contribution in [1.82, 2.24) is 4.98 Å². The van der Waals surface area contributed by atoms with Crippen molar-refractivity contribution < 1.29 is 0 Å². The van der Waals surface area contributed by atoms with Crippen molar-refractivity contribution in [3.05, 3.63) is 22.9 Å². The standard InChI is InChI=1S/C10H15BrN2/c1-10(2,3)7-13-8-4-5-9(11)12-6-8/h4-6,13H,7H2,1-3H3. The molecule has 2 nitrogen and oxygen atoms in total. The molecule has 13 heavy (non-hydrogen) atoms. The van der Waals surface area contributed by atoms with Crippen molar-refractivity contribution in [2.24, 2.45) is 5.41 Å². The molecule has 0 fully saturated rings. The minimum Gasteiger partial charge on any atom is -0.383 e. The third-order valence-electron chi connectivity index (χ3n) is 1.55. The van der Waals surface area contributed by atoms with Crippen molar-refractivity contribution in [2.75, 3.05) is 11.9 Å². The molecule has 1 heterocycles. The molecule has 0 aromatic carbocycles. The Hall–Kier alpha value is -0.570. The summed E-state index contributed by atoms with van der Waals surface area (Å²) >= 11 is 3.30. The van der Waals surface area contributed by atoms with Crippen LogP contribution in [-0.4, -0.2) is 11.5 Å². The fourth-order valence-electron chi connectivity index (χ4n) is 0.848. The molecule has 72 valence electrons. The second-order valence-electron chi connectivity index (χ2n) is 4.28. The van der Waals surface area contributed by atoms with Gasteiger partial charge in [-0.2, -0.15) is 0 Å². The molecule has 0 saturated carbocycles. The van der Waals surface area contributed by atoms with Crippen LogP contribution in [0.1, 0.15) is 20.8 Å². The average molecular weight is 243 g/mol. The topological polar surface area (TPSA) is 24.9 Å². The number of nitrogens with zero attached hydrogens (tertiary/aromatic N) is 1. The summed E-state index contributed by atoms with van der Waals surface area (Å²) < 4.78 is 0.869. The summed E-state index contributed by atoms with van der Waals surface area (Å²) in [5.41, 5.74) is 1.37. The molecule has 0 atom stereocenters. The van der Waals surface area contributed by atoms with Gasteiger partial charge >= 0.3 is 0 Å². The first kappa shape index (κ1) is 10.5. The van der Waals surface area contributed by atoms with Crippen LogP contribution < -0.4 is 5.32 Å². The molecule has 1 N–H and O–H groups in total. The zero-order chi connectivity index (χ0) is 9.90. The van der Waals surface area contributed by atoms with E-state index in [2.05, 4.69) is 47.0 Å². The first-order chi connectivity index (χ1) is 5.97. The molecule has 0 aliphatic carbocycles. The monoisotopic (exact) mass is 242 g/mol. The first-order valence-corrected chi connectivity index (χ1v) is 5.12. The van der Waals surface area contributed by atoms with Gasteiger partial charge in [-0.25, -0.2) is 4.98 Å². The average Bonchev–Trinajstić information content (AvgIpc) is 2.02. The summed E-state index contributed by atoms with van der Waals surface area (Å²) in [5, 5.41) is 3.33. The molecular formula is C10H15BrN2. The lowest BCUT2D eigenvalue weighted by Crippen LogP contribution is -2.18. The van der Waals surface area contributed by atoms with E-state index in [0.717, 1.165) is 16.8 Å². The van der Waals surface area contributed by atoms with Crippen molar-refractivity contribution in [2.45, 2.75) is 20.8 Å². The maximum Gasteiger partial charge on any atom is 0.106 e. The van der Waals surface area contributed by atoms with Crippen molar-refractivity contribution in [3.8, 4) is 0 Å². The number of anilines is 1. The number of rotatable bonds is 2. The van der Waals surface area contributed by atoms with Gasteiger partial charge < -0.3 is 5.32 Å². The summed E-state index contributed by atoms with van der Waals surface area (Å²) in [6.07, 6.45) is 1.83. The van der Waals surface area contributed by atoms with Crippen molar-refractivity contribution in [3.63, 3.8) is 0 Å². The Balaban J connectivity index is 2.51. The summed E-state index contributed by atoms with van der Waals surface area (Å²) in [6.45, 7) is 7.56. The second kappa shape index (κ2) is 4.09. The largest absolute Gasteiger partial charge is 0.383 e. The summed E-state index contributed by atoms with van der Waals surface area (Å²) in [6, 6.07) is 3.95. The molecule has 0 aliphatic rings. The summed E-state index contributed by atoms with van der Waals surface area (Å²) in [4.78, 5) is 4.13. The number of pyridine rings is 1. The van der Waals surface area contributed by atoms with Crippen LogP contribution in [0.3, 0.4) is 0 Å². The van der Waals surface area contributed by atoms with E-state index in [1.54, 1.807) is 0 Å². The van der Waals surface area contributed by atoms with Gasteiger partial charge in [-0.1, -0.05) is 20.8 Å². The van der Waals surface area contributed by atoms with E-state index in [1.165, 1.54) is 0 Å². The lowest BCUT2D eigenvalue weighted by molar-refractivity contribution is 0.443. The Kier molecular flexibility index (Phi) is 3.31. The van der Waals surface area contributed by atoms with Crippen LogP contribution in [-0.2, 0) is 0 Å². The van der Waals surface area contributed by atoms with Gasteiger partial charge in [0.25, 0.3) is 0 Å². The SMILES string of the molecule is CC(C)(C)CNc1ccc(Br)nc1. The molecule has 3 heteroatoms. The van der Waals surface area contributed by atoms with Crippen LogP contribution in [0.15, 0.2) is 22.9 Å². The molecule has 0 radical (unpaired) electrons. The van der Waals surface area contributed by atoms with Crippen molar-refractivity contribution in [1.29, 1.82) is 0 Å². The molecule has 0 unspecified atom stereocenters. The maximum atomic E-state index is 4.13. The van der Waals surface area contributed by atoms with Gasteiger partial charge in [-0.05, 0) is 33.5 Å². The zero-order valence-corrected chi connectivity index (χ0v) is 9.85. The predicted molar refractivity (Wildman–Crippen MR) is 59.9 cm³/mol. The molecular weight excluding hydrogens is 228 g/mol. The number of hydrogen-bond acceptors (Lipinski definition) is 2. The fourth-order valence-corrected chi connectivity index (χ4v) is 1.08. The summed E-state index contributed by atoms with van der Waals surface area (Å²) in [7, 11) is 0. The van der Waals surface area contributed by atoms with Crippen LogP contribution in [0.2, 0.25) is 0 Å². The Morgan fingerprint density at radius 1 is 1.38 bits per heavy atom. The van der Waals surface area contributed by atoms with Gasteiger partial charge in [-0.15, -0.1) is 0 Å². The molecule has 0 spiro atoms. The molecule has 0 amide bonds. The number of halogens is 1. The fraction of sp³-hybridized carbons (Fsp3) is 0.500. The van der Waals surface area contributed by atoms with E-state index in [1.807, 2.05) is 18.3 Å². The number of nitrogens with one attached hydrogen (secondary N) is 1. The highest BCUT2D eigenvalue weighted by Crippen LogP contribution is 2.15. The van der Waals surface area contributed by atoms with Gasteiger partial charge in [0.15, 0.2) is 0 Å². The third kappa shape index (κ3) is 4.27. The Morgan fingerprint density at radius 3 is 2.54 bits per heavy atom. The second-order valence-corrected chi connectivity index (χ2v) is 5.10. The molecule has 0 bridgehead atoms. The third-order valence-corrected chi connectivity index (χ3v) is 2.02. The van der Waals surface area contributed by atoms with Crippen LogP contribution in [0.5, 0.6) is 0 Å². The highest BCUT2D eigenvalue weighted by atomic mass is 79.9. The van der Waals surface area contributed by atoms with E-state index < -0.39 is 0 Å². The lowest BCUT2D eigenvalue weighted by atomic mass is 9.97. The summed E-state index contributed by atoms with van der Waals surface area (Å²) in [5.74, 6) is 0. The van der Waals surface area contributed by atoms with E-state index in [-0.39, 0.29) is 0 Å². The first-order valence-electron chi connectivity index (χ1n) is 4.33. The molecule has 0 saturated heterocycles. The van der Waals surface area contributed by atoms with Crippen LogP contribution >= 0.6 is 15.9 Å². The minimum atomic E-state index is 0.299. The molecule has 1 aromatic rings. The molecule has 0 aliphatic heterocycles. The Bertz CT molecular complexity index is 261. The normalized spacial score (nSPS) is 11.4. The maximum absolute atomic E-state index is 4.13. The van der Waals surface area contributed by atoms with Gasteiger partial charge in [0.05, 0.1) is 11.9 Å². The van der Waals surface area contributed by atoms with Gasteiger partial charge in [0, 0.05) is 6.54 Å². The lowest BCUT2D eigenvalue weighted by Gasteiger charge is -2.19. The van der Waals surface area contributed by atoms with Gasteiger partial charge in [0.2, 0.25) is 0 Å². The Labute approximate surface area is 87.9 Å². The van der Waals surface area contributed by atoms with E-state index in [0.29, 0.717) is 5.41 Å². The van der Waals surface area contributed by atoms with E-state index >= 15 is 0 Å². The quantitative estimate of drug-likeness (QED) is 0.806. The highest BCUT2D eigenvalue weighted by molar-refractivity contribution is 9.10. The minimum absolute atomic E-state index is 0.299. The van der Waals surface area contributed by atoms with Crippen LogP contribution in [0.25, 0.3) is 0 Å². The van der Waals surface area contributed by atoms with Gasteiger partial charge in [0.1, 0.15) is 4.60 Å². The van der Waals surface area contributed by atoms with E-state index in [4.69, 9.17) is 0 Å². The molecule has 1 rings (SSSR count).